The first-order valence-corrected chi connectivity index (χ1v) is 9.10. The van der Waals surface area contributed by atoms with E-state index in [9.17, 15) is 0 Å². The van der Waals surface area contributed by atoms with Crippen LogP contribution in [0.5, 0.6) is 0 Å². The van der Waals surface area contributed by atoms with Crippen LogP contribution in [0.1, 0.15) is 35.9 Å². The summed E-state index contributed by atoms with van der Waals surface area (Å²) < 4.78 is 5.34. The topological polar surface area (TPSA) is 129 Å². The fraction of sp³-hybridized carbons (Fsp3) is 0.368. The van der Waals surface area contributed by atoms with Crippen molar-refractivity contribution in [1.82, 2.24) is 20.1 Å². The van der Waals surface area contributed by atoms with Crippen molar-refractivity contribution in [3.8, 4) is 11.4 Å². The quantitative estimate of drug-likeness (QED) is 0.607. The lowest BCUT2D eigenvalue weighted by Crippen LogP contribution is -2.35. The molecule has 2 aromatic heterocycles. The van der Waals surface area contributed by atoms with E-state index >= 15 is 0 Å². The largest absolute Gasteiger partial charge is 0.369 e. The number of nitrogens with one attached hydrogen (secondary N) is 1. The Kier molecular flexibility index (Phi) is 4.72. The number of rotatable bonds is 6. The number of aromatic nitrogens is 4. The van der Waals surface area contributed by atoms with Crippen LogP contribution in [0.4, 0.5) is 11.8 Å². The van der Waals surface area contributed by atoms with E-state index in [0.29, 0.717) is 36.4 Å². The van der Waals surface area contributed by atoms with Gasteiger partial charge in [0.2, 0.25) is 17.7 Å². The van der Waals surface area contributed by atoms with Crippen molar-refractivity contribution in [2.45, 2.75) is 38.1 Å². The molecular formula is C19H23N7O. The summed E-state index contributed by atoms with van der Waals surface area (Å²) in [6, 6.07) is 10.2. The molecule has 0 bridgehead atoms. The minimum absolute atomic E-state index is 0.267. The average molecular weight is 365 g/mol. The molecule has 1 saturated carbocycles. The maximum atomic E-state index is 5.86. The molecule has 8 heteroatoms. The lowest BCUT2D eigenvalue weighted by molar-refractivity contribution is 0.345. The number of nitrogens with two attached hydrogens (primary N) is 2. The maximum absolute atomic E-state index is 5.86. The minimum atomic E-state index is 0.267. The normalized spacial score (nSPS) is 18.9. The lowest BCUT2D eigenvalue weighted by atomic mass is 9.78. The molecule has 8 nitrogen and oxygen atoms in total. The van der Waals surface area contributed by atoms with E-state index < -0.39 is 0 Å². The molecule has 0 unspecified atom stereocenters. The zero-order valence-electron chi connectivity index (χ0n) is 15.2. The van der Waals surface area contributed by atoms with E-state index in [1.807, 2.05) is 37.3 Å². The van der Waals surface area contributed by atoms with Crippen LogP contribution in [0.2, 0.25) is 0 Å². The second-order valence-electron chi connectivity index (χ2n) is 7.02. The van der Waals surface area contributed by atoms with Crippen molar-refractivity contribution < 1.29 is 4.52 Å². The third kappa shape index (κ3) is 4.06. The highest BCUT2D eigenvalue weighted by Crippen LogP contribution is 2.35. The Hall–Kier alpha value is -3.00. The van der Waals surface area contributed by atoms with Crippen LogP contribution in [-0.2, 0) is 6.42 Å². The Morgan fingerprint density at radius 2 is 1.93 bits per heavy atom. The fourth-order valence-electron chi connectivity index (χ4n) is 3.16. The van der Waals surface area contributed by atoms with Crippen molar-refractivity contribution in [3.63, 3.8) is 0 Å². The van der Waals surface area contributed by atoms with Gasteiger partial charge in [-0.2, -0.15) is 9.97 Å². The molecule has 0 atom stereocenters. The van der Waals surface area contributed by atoms with Gasteiger partial charge in [0.05, 0.1) is 5.69 Å². The van der Waals surface area contributed by atoms with Gasteiger partial charge in [0, 0.05) is 36.6 Å². The van der Waals surface area contributed by atoms with Crippen LogP contribution >= 0.6 is 0 Å². The molecule has 4 rings (SSSR count). The second kappa shape index (κ2) is 7.32. The summed E-state index contributed by atoms with van der Waals surface area (Å²) in [5.41, 5.74) is 14.8. The molecule has 1 aromatic carbocycles. The Morgan fingerprint density at radius 3 is 2.67 bits per heavy atom. The molecule has 1 aliphatic rings. The molecule has 1 fully saturated rings. The molecule has 140 valence electrons. The number of hydrogen-bond acceptors (Lipinski definition) is 8. The summed E-state index contributed by atoms with van der Waals surface area (Å²) in [5.74, 6) is 2.52. The van der Waals surface area contributed by atoms with Crippen LogP contribution in [0.3, 0.4) is 0 Å². The molecule has 0 saturated heterocycles. The number of aryl methyl sites for hydroxylation is 1. The van der Waals surface area contributed by atoms with Crippen LogP contribution in [-0.4, -0.2) is 32.7 Å². The van der Waals surface area contributed by atoms with Gasteiger partial charge in [0.25, 0.3) is 0 Å². The van der Waals surface area contributed by atoms with E-state index in [0.717, 1.165) is 24.1 Å². The third-order valence-electron chi connectivity index (χ3n) is 4.78. The predicted octanol–water partition coefficient (Wildman–Crippen LogP) is 2.28. The molecule has 0 aliphatic heterocycles. The zero-order valence-corrected chi connectivity index (χ0v) is 15.2. The van der Waals surface area contributed by atoms with Crippen LogP contribution < -0.4 is 16.8 Å². The molecule has 0 amide bonds. The number of hydrogen-bond donors (Lipinski definition) is 3. The summed E-state index contributed by atoms with van der Waals surface area (Å²) in [7, 11) is 0. The smallest absolute Gasteiger partial charge is 0.228 e. The van der Waals surface area contributed by atoms with Gasteiger partial charge in [0.15, 0.2) is 0 Å². The minimum Gasteiger partial charge on any atom is -0.369 e. The monoisotopic (exact) mass is 365 g/mol. The standard InChI is InChI=1S/C19H23N7O/c1-11-2-4-12(5-3-11)18-25-17(27-26-18)6-7-22-16-10-15(23-19(21)24-16)13-8-14(20)9-13/h2-5,10,13-14H,6-9,20H2,1H3,(H3,21,22,23,24). The van der Waals surface area contributed by atoms with Crippen molar-refractivity contribution in [2.75, 3.05) is 17.6 Å². The first-order valence-electron chi connectivity index (χ1n) is 9.10. The molecule has 3 aromatic rings. The lowest BCUT2D eigenvalue weighted by Gasteiger charge is -2.32. The van der Waals surface area contributed by atoms with E-state index in [4.69, 9.17) is 16.0 Å². The first kappa shape index (κ1) is 17.4. The number of nitrogens with zero attached hydrogens (tertiary/aromatic N) is 4. The Morgan fingerprint density at radius 1 is 1.15 bits per heavy atom. The van der Waals surface area contributed by atoms with Gasteiger partial charge in [-0.15, -0.1) is 0 Å². The summed E-state index contributed by atoms with van der Waals surface area (Å²) >= 11 is 0. The molecule has 5 N–H and O–H groups in total. The first-order chi connectivity index (χ1) is 13.1. The van der Waals surface area contributed by atoms with Crippen molar-refractivity contribution in [3.05, 3.63) is 47.5 Å². The number of anilines is 2. The van der Waals surface area contributed by atoms with Gasteiger partial charge in [-0.1, -0.05) is 35.0 Å². The highest BCUT2D eigenvalue weighted by molar-refractivity contribution is 5.54. The maximum Gasteiger partial charge on any atom is 0.228 e. The van der Waals surface area contributed by atoms with E-state index in [1.165, 1.54) is 5.56 Å². The Labute approximate surface area is 157 Å². The summed E-state index contributed by atoms with van der Waals surface area (Å²) in [4.78, 5) is 13.0. The molecule has 27 heavy (non-hydrogen) atoms. The van der Waals surface area contributed by atoms with Crippen LogP contribution in [0.25, 0.3) is 11.4 Å². The van der Waals surface area contributed by atoms with Gasteiger partial charge in [-0.25, -0.2) is 4.98 Å². The highest BCUT2D eigenvalue weighted by atomic mass is 16.5. The molecule has 1 aliphatic carbocycles. The summed E-state index contributed by atoms with van der Waals surface area (Å²) in [5, 5.41) is 7.30. The summed E-state index contributed by atoms with van der Waals surface area (Å²) in [6.45, 7) is 2.65. The van der Waals surface area contributed by atoms with Gasteiger partial charge in [-0.3, -0.25) is 0 Å². The van der Waals surface area contributed by atoms with Gasteiger partial charge >= 0.3 is 0 Å². The number of benzene rings is 1. The molecule has 0 spiro atoms. The van der Waals surface area contributed by atoms with E-state index in [2.05, 4.69) is 25.4 Å². The third-order valence-corrected chi connectivity index (χ3v) is 4.78. The number of nitrogen functional groups attached to an aromatic ring is 1. The van der Waals surface area contributed by atoms with Gasteiger partial charge in [0.1, 0.15) is 5.82 Å². The van der Waals surface area contributed by atoms with Crippen molar-refractivity contribution in [1.29, 1.82) is 0 Å². The molecule has 2 heterocycles. The zero-order chi connectivity index (χ0) is 18.8. The fourth-order valence-corrected chi connectivity index (χ4v) is 3.16. The van der Waals surface area contributed by atoms with Crippen molar-refractivity contribution in [2.24, 2.45) is 5.73 Å². The summed E-state index contributed by atoms with van der Waals surface area (Å²) in [6.07, 6.45) is 2.48. The average Bonchev–Trinajstić information content (AvgIpc) is 3.08. The predicted molar refractivity (Wildman–Crippen MR) is 103 cm³/mol. The van der Waals surface area contributed by atoms with Gasteiger partial charge in [-0.05, 0) is 19.8 Å². The SMILES string of the molecule is Cc1ccc(-c2noc(CCNc3cc(C4CC(N)C4)nc(N)n3)n2)cc1. The molecule has 0 radical (unpaired) electrons. The molecular weight excluding hydrogens is 342 g/mol. The van der Waals surface area contributed by atoms with Crippen molar-refractivity contribution >= 4 is 11.8 Å². The second-order valence-corrected chi connectivity index (χ2v) is 7.02. The van der Waals surface area contributed by atoms with E-state index in [-0.39, 0.29) is 12.0 Å². The Bertz CT molecular complexity index is 916. The Balaban J connectivity index is 1.35. The van der Waals surface area contributed by atoms with Crippen LogP contribution in [0.15, 0.2) is 34.9 Å². The van der Waals surface area contributed by atoms with Crippen LogP contribution in [0, 0.1) is 6.92 Å². The highest BCUT2D eigenvalue weighted by Gasteiger charge is 2.29. The van der Waals surface area contributed by atoms with Gasteiger partial charge < -0.3 is 21.3 Å². The van der Waals surface area contributed by atoms with E-state index in [1.54, 1.807) is 0 Å².